The van der Waals surface area contributed by atoms with Gasteiger partial charge in [0.05, 0.1) is 15.9 Å². The minimum absolute atomic E-state index is 0.0127. The van der Waals surface area contributed by atoms with Crippen LogP contribution in [-0.4, -0.2) is 15.5 Å². The first-order chi connectivity index (χ1) is 9.97. The number of hydrogen-bond acceptors (Lipinski definition) is 4. The minimum Gasteiger partial charge on any atom is -0.461 e. The lowest BCUT2D eigenvalue weighted by molar-refractivity contribution is -0.384. The molecule has 7 heteroatoms. The number of nitro benzene ring substituents is 1. The van der Waals surface area contributed by atoms with Crippen LogP contribution in [0.3, 0.4) is 0 Å². The maximum Gasteiger partial charge on any atom is 0.312 e. The molecule has 110 valence electrons. The highest BCUT2D eigenvalue weighted by Gasteiger charge is 2.10. The van der Waals surface area contributed by atoms with E-state index in [0.29, 0.717) is 5.56 Å². The van der Waals surface area contributed by atoms with Crippen LogP contribution in [0.4, 0.5) is 5.69 Å². The Morgan fingerprint density at radius 1 is 1.29 bits per heavy atom. The third-order valence-electron chi connectivity index (χ3n) is 3.04. The number of benzene rings is 1. The summed E-state index contributed by atoms with van der Waals surface area (Å²) in [6.07, 6.45) is 0.176. The topological polar surface area (TPSA) is 74.4 Å². The van der Waals surface area contributed by atoms with Crippen molar-refractivity contribution in [1.82, 2.24) is 4.57 Å². The Bertz CT molecular complexity index is 664. The van der Waals surface area contributed by atoms with Gasteiger partial charge in [0.2, 0.25) is 0 Å². The quantitative estimate of drug-likeness (QED) is 0.471. The Hall–Kier alpha value is -2.15. The fourth-order valence-electron chi connectivity index (χ4n) is 1.78. The second-order valence-electron chi connectivity index (χ2n) is 4.47. The average molecular weight is 353 g/mol. The molecular formula is C14H13BrN2O4. The predicted molar refractivity (Wildman–Crippen MR) is 79.7 cm³/mol. The Balaban J connectivity index is 1.89. The third-order valence-corrected chi connectivity index (χ3v) is 3.83. The molecule has 0 bridgehead atoms. The highest BCUT2D eigenvalue weighted by atomic mass is 79.9. The molecule has 6 nitrogen and oxygen atoms in total. The van der Waals surface area contributed by atoms with E-state index in [1.807, 2.05) is 23.7 Å². The summed E-state index contributed by atoms with van der Waals surface area (Å²) in [4.78, 5) is 21.8. The van der Waals surface area contributed by atoms with Crippen molar-refractivity contribution in [3.8, 4) is 0 Å². The summed E-state index contributed by atoms with van der Waals surface area (Å²) < 4.78 is 7.90. The Labute approximate surface area is 129 Å². The van der Waals surface area contributed by atoms with Crippen LogP contribution in [-0.2, 0) is 29.6 Å². The van der Waals surface area contributed by atoms with Gasteiger partial charge < -0.3 is 9.30 Å². The van der Waals surface area contributed by atoms with Gasteiger partial charge in [-0.25, -0.2) is 0 Å². The molecule has 1 aromatic carbocycles. The fourth-order valence-corrected chi connectivity index (χ4v) is 2.14. The van der Waals surface area contributed by atoms with Gasteiger partial charge in [-0.3, -0.25) is 14.9 Å². The molecule has 2 aromatic rings. The molecule has 0 fully saturated rings. The average Bonchev–Trinajstić information content (AvgIpc) is 2.77. The maximum absolute atomic E-state index is 11.8. The van der Waals surface area contributed by atoms with Gasteiger partial charge in [0.15, 0.2) is 0 Å². The number of non-ortho nitro benzene ring substituents is 1. The number of esters is 1. The molecule has 0 aliphatic rings. The first-order valence-electron chi connectivity index (χ1n) is 6.16. The van der Waals surface area contributed by atoms with E-state index in [-0.39, 0.29) is 24.7 Å². The van der Waals surface area contributed by atoms with Gasteiger partial charge >= 0.3 is 5.97 Å². The van der Waals surface area contributed by atoms with Crippen LogP contribution in [0.1, 0.15) is 11.3 Å². The number of carbonyl (C=O) groups is 1. The smallest absolute Gasteiger partial charge is 0.312 e. The minimum atomic E-state index is -0.469. The number of hydrogen-bond donors (Lipinski definition) is 0. The highest BCUT2D eigenvalue weighted by Crippen LogP contribution is 2.15. The molecule has 2 rings (SSSR count). The van der Waals surface area contributed by atoms with Crippen LogP contribution in [0.2, 0.25) is 0 Å². The summed E-state index contributed by atoms with van der Waals surface area (Å²) in [6, 6.07) is 9.63. The van der Waals surface area contributed by atoms with E-state index in [4.69, 9.17) is 4.74 Å². The first-order valence-corrected chi connectivity index (χ1v) is 6.95. The van der Waals surface area contributed by atoms with Crippen molar-refractivity contribution in [2.45, 2.75) is 13.0 Å². The number of rotatable bonds is 5. The number of aromatic nitrogens is 1. The summed E-state index contributed by atoms with van der Waals surface area (Å²) in [5.74, 6) is -0.345. The lowest BCUT2D eigenvalue weighted by atomic mass is 10.2. The molecular weight excluding hydrogens is 340 g/mol. The Morgan fingerprint density at radius 2 is 1.95 bits per heavy atom. The third kappa shape index (κ3) is 3.91. The van der Waals surface area contributed by atoms with Gasteiger partial charge in [-0.1, -0.05) is 0 Å². The molecule has 0 spiro atoms. The van der Waals surface area contributed by atoms with Crippen molar-refractivity contribution in [3.63, 3.8) is 0 Å². The van der Waals surface area contributed by atoms with Crippen molar-refractivity contribution in [2.24, 2.45) is 7.05 Å². The normalized spacial score (nSPS) is 10.4. The van der Waals surface area contributed by atoms with Crippen LogP contribution in [0.25, 0.3) is 0 Å². The van der Waals surface area contributed by atoms with Crippen molar-refractivity contribution < 1.29 is 14.5 Å². The van der Waals surface area contributed by atoms with Crippen LogP contribution < -0.4 is 0 Å². The number of nitro groups is 1. The van der Waals surface area contributed by atoms with E-state index in [1.54, 1.807) is 12.1 Å². The standard InChI is InChI=1S/C14H13BrN2O4/c1-16-12(6-7-13(16)15)8-14(18)21-9-10-2-4-11(5-3-10)17(19)20/h2-7H,8-9H2,1H3. The molecule has 0 aliphatic heterocycles. The molecule has 1 heterocycles. The number of nitrogens with zero attached hydrogens (tertiary/aromatic N) is 2. The molecule has 0 amide bonds. The fraction of sp³-hybridized carbons (Fsp3) is 0.214. The first kappa shape index (κ1) is 15.2. The van der Waals surface area contributed by atoms with Crippen molar-refractivity contribution in [2.75, 3.05) is 0 Å². The lowest BCUT2D eigenvalue weighted by Crippen LogP contribution is -2.10. The molecule has 0 saturated carbocycles. The van der Waals surface area contributed by atoms with E-state index >= 15 is 0 Å². The largest absolute Gasteiger partial charge is 0.461 e. The van der Waals surface area contributed by atoms with Crippen LogP contribution in [0.5, 0.6) is 0 Å². The molecule has 1 aromatic heterocycles. The van der Waals surface area contributed by atoms with Crippen molar-refractivity contribution in [3.05, 3.63) is 62.4 Å². The van der Waals surface area contributed by atoms with Crippen LogP contribution in [0.15, 0.2) is 41.0 Å². The number of carbonyl (C=O) groups excluding carboxylic acids is 1. The van der Waals surface area contributed by atoms with Crippen molar-refractivity contribution in [1.29, 1.82) is 0 Å². The molecule has 0 unspecified atom stereocenters. The predicted octanol–water partition coefficient (Wildman–Crippen LogP) is 2.98. The Morgan fingerprint density at radius 3 is 2.48 bits per heavy atom. The summed E-state index contributed by atoms with van der Waals surface area (Å²) in [7, 11) is 1.85. The van der Waals surface area contributed by atoms with Gasteiger partial charge in [-0.2, -0.15) is 0 Å². The molecule has 0 atom stereocenters. The van der Waals surface area contributed by atoms with Gasteiger partial charge in [0.25, 0.3) is 5.69 Å². The van der Waals surface area contributed by atoms with Gasteiger partial charge in [-0.05, 0) is 45.8 Å². The lowest BCUT2D eigenvalue weighted by Gasteiger charge is -2.06. The monoisotopic (exact) mass is 352 g/mol. The maximum atomic E-state index is 11.8. The van der Waals surface area contributed by atoms with Gasteiger partial charge in [-0.15, -0.1) is 0 Å². The van der Waals surface area contributed by atoms with Crippen LogP contribution in [0, 0.1) is 10.1 Å². The zero-order valence-corrected chi connectivity index (χ0v) is 12.9. The summed E-state index contributed by atoms with van der Waals surface area (Å²) in [5, 5.41) is 10.5. The van der Waals surface area contributed by atoms with Crippen LogP contribution >= 0.6 is 15.9 Å². The van der Waals surface area contributed by atoms with E-state index in [9.17, 15) is 14.9 Å². The Kier molecular flexibility index (Phi) is 4.74. The zero-order valence-electron chi connectivity index (χ0n) is 11.3. The second kappa shape index (κ2) is 6.53. The summed E-state index contributed by atoms with van der Waals surface area (Å²) >= 11 is 3.36. The number of halogens is 1. The van der Waals surface area contributed by atoms with Gasteiger partial charge in [0.1, 0.15) is 6.61 Å². The molecule has 21 heavy (non-hydrogen) atoms. The summed E-state index contributed by atoms with van der Waals surface area (Å²) in [6.45, 7) is 0.0996. The van der Waals surface area contributed by atoms with E-state index in [2.05, 4.69) is 15.9 Å². The summed E-state index contributed by atoms with van der Waals surface area (Å²) in [5.41, 5.74) is 1.57. The second-order valence-corrected chi connectivity index (χ2v) is 5.28. The van der Waals surface area contributed by atoms with E-state index in [0.717, 1.165) is 10.3 Å². The van der Waals surface area contributed by atoms with Crippen molar-refractivity contribution >= 4 is 27.6 Å². The molecule has 0 saturated heterocycles. The molecule has 0 aliphatic carbocycles. The molecule has 0 radical (unpaired) electrons. The van der Waals surface area contributed by atoms with E-state index < -0.39 is 4.92 Å². The number of ether oxygens (including phenoxy) is 1. The zero-order chi connectivity index (χ0) is 15.4. The SMILES string of the molecule is Cn1c(Br)ccc1CC(=O)OCc1ccc([N+](=O)[O-])cc1. The molecule has 0 N–H and O–H groups in total. The highest BCUT2D eigenvalue weighted by molar-refractivity contribution is 9.10. The van der Waals surface area contributed by atoms with E-state index in [1.165, 1.54) is 12.1 Å². The van der Waals surface area contributed by atoms with Gasteiger partial charge in [0, 0.05) is 24.9 Å².